The fourth-order valence-corrected chi connectivity index (χ4v) is 5.28. The maximum Gasteiger partial charge on any atom is 0.345 e. The molecule has 2 aliphatic heterocycles. The van der Waals surface area contributed by atoms with Gasteiger partial charge in [0.15, 0.2) is 0 Å². The van der Waals surface area contributed by atoms with Gasteiger partial charge in [0.1, 0.15) is 0 Å². The lowest BCUT2D eigenvalue weighted by atomic mass is 9.87. The molecule has 0 aromatic rings. The van der Waals surface area contributed by atoms with Crippen LogP contribution in [-0.4, -0.2) is 67.2 Å². The first-order chi connectivity index (χ1) is 15.1. The standard InChI is InChI=1S/C12H23F2NO.C11H21F2N.C2H6/c1-4-11-10(8-16-12(13)14)6-5-7-15(11)9(2)3;1-8(2)10-6-4-9(14(10)3)5-7-11(12)13;1-2/h9-12H,4-8H2,1-3H3;8-11H,4-7H2,1-3H3;1-2H3. The average Bonchev–Trinajstić information content (AvgIpc) is 3.12. The maximum atomic E-state index is 12.1. The van der Waals surface area contributed by atoms with E-state index in [1.807, 2.05) is 13.8 Å². The third-order valence-electron chi connectivity index (χ3n) is 6.86. The summed E-state index contributed by atoms with van der Waals surface area (Å²) in [6.45, 7) is 13.5. The van der Waals surface area contributed by atoms with Gasteiger partial charge in [0.05, 0.1) is 6.61 Å². The van der Waals surface area contributed by atoms with Crippen LogP contribution in [0.4, 0.5) is 17.6 Å². The lowest BCUT2D eigenvalue weighted by molar-refractivity contribution is -0.147. The first-order valence-electron chi connectivity index (χ1n) is 12.7. The fourth-order valence-electron chi connectivity index (χ4n) is 5.28. The molecular weight excluding hydrogens is 420 g/mol. The Balaban J connectivity index is 0.000000561. The molecule has 7 heteroatoms. The minimum Gasteiger partial charge on any atom is -0.323 e. The molecule has 0 aromatic heterocycles. The van der Waals surface area contributed by atoms with Crippen LogP contribution in [0.3, 0.4) is 0 Å². The number of alkyl halides is 4. The number of halogens is 4. The Morgan fingerprint density at radius 2 is 1.59 bits per heavy atom. The van der Waals surface area contributed by atoms with Crippen molar-refractivity contribution in [2.75, 3.05) is 20.2 Å². The second-order valence-corrected chi connectivity index (χ2v) is 9.48. The van der Waals surface area contributed by atoms with Gasteiger partial charge in [-0.3, -0.25) is 4.90 Å². The average molecular weight is 471 g/mol. The normalized spacial score (nSPS) is 27.0. The third kappa shape index (κ3) is 11.1. The van der Waals surface area contributed by atoms with E-state index in [0.717, 1.165) is 32.2 Å². The first kappa shape index (κ1) is 31.6. The number of nitrogens with zero attached hydrogens (tertiary/aromatic N) is 2. The molecule has 0 radical (unpaired) electrons. The molecule has 2 fully saturated rings. The number of piperidine rings is 1. The summed E-state index contributed by atoms with van der Waals surface area (Å²) in [6.07, 6.45) is 3.93. The van der Waals surface area contributed by atoms with Crippen molar-refractivity contribution >= 4 is 0 Å². The Labute approximate surface area is 195 Å². The zero-order chi connectivity index (χ0) is 24.8. The van der Waals surface area contributed by atoms with Gasteiger partial charge in [0.2, 0.25) is 6.43 Å². The van der Waals surface area contributed by atoms with Crippen molar-refractivity contribution in [1.82, 2.24) is 9.80 Å². The number of rotatable bonds is 9. The predicted octanol–water partition coefficient (Wildman–Crippen LogP) is 7.30. The van der Waals surface area contributed by atoms with Crippen molar-refractivity contribution in [2.24, 2.45) is 11.8 Å². The van der Waals surface area contributed by atoms with Crippen LogP contribution in [0, 0.1) is 11.8 Å². The van der Waals surface area contributed by atoms with Crippen molar-refractivity contribution in [3.05, 3.63) is 0 Å². The monoisotopic (exact) mass is 470 g/mol. The molecule has 32 heavy (non-hydrogen) atoms. The van der Waals surface area contributed by atoms with Crippen molar-refractivity contribution in [2.45, 2.75) is 131 Å². The lowest BCUT2D eigenvalue weighted by Gasteiger charge is -2.43. The molecule has 2 heterocycles. The molecule has 0 saturated carbocycles. The molecule has 0 N–H and O–H groups in total. The smallest absolute Gasteiger partial charge is 0.323 e. The van der Waals surface area contributed by atoms with E-state index < -0.39 is 13.0 Å². The van der Waals surface area contributed by atoms with E-state index in [2.05, 4.69) is 56.2 Å². The van der Waals surface area contributed by atoms with Gasteiger partial charge in [-0.05, 0) is 77.8 Å². The molecule has 4 unspecified atom stereocenters. The van der Waals surface area contributed by atoms with Crippen molar-refractivity contribution in [3.63, 3.8) is 0 Å². The van der Waals surface area contributed by atoms with Crippen LogP contribution in [0.15, 0.2) is 0 Å². The summed E-state index contributed by atoms with van der Waals surface area (Å²) in [4.78, 5) is 4.72. The lowest BCUT2D eigenvalue weighted by Crippen LogP contribution is -2.49. The summed E-state index contributed by atoms with van der Waals surface area (Å²) in [6, 6.07) is 1.86. The minimum absolute atomic E-state index is 0.0554. The molecule has 194 valence electrons. The summed E-state index contributed by atoms with van der Waals surface area (Å²) < 4.78 is 52.7. The molecular formula is C25H50F4N2O. The quantitative estimate of drug-likeness (QED) is 0.329. The highest BCUT2D eigenvalue weighted by Crippen LogP contribution is 2.30. The Morgan fingerprint density at radius 1 is 0.969 bits per heavy atom. The van der Waals surface area contributed by atoms with E-state index in [4.69, 9.17) is 0 Å². The van der Waals surface area contributed by atoms with Crippen LogP contribution in [0.2, 0.25) is 0 Å². The Bertz CT molecular complexity index is 452. The molecule has 2 saturated heterocycles. The van der Waals surface area contributed by atoms with E-state index in [-0.39, 0.29) is 18.9 Å². The number of ether oxygens (including phenoxy) is 1. The zero-order valence-electron chi connectivity index (χ0n) is 21.8. The largest absolute Gasteiger partial charge is 0.345 e. The summed E-state index contributed by atoms with van der Waals surface area (Å²) >= 11 is 0. The van der Waals surface area contributed by atoms with Crippen LogP contribution in [0.1, 0.15) is 93.4 Å². The highest BCUT2D eigenvalue weighted by Gasteiger charge is 2.33. The van der Waals surface area contributed by atoms with E-state index in [1.54, 1.807) is 0 Å². The molecule has 0 bridgehead atoms. The molecule has 0 aromatic carbocycles. The molecule has 0 spiro atoms. The summed E-state index contributed by atoms with van der Waals surface area (Å²) in [5, 5.41) is 0. The second kappa shape index (κ2) is 17.1. The Kier molecular flexibility index (Phi) is 16.9. The summed E-state index contributed by atoms with van der Waals surface area (Å²) in [5.41, 5.74) is 0. The van der Waals surface area contributed by atoms with Gasteiger partial charge in [-0.25, -0.2) is 8.78 Å². The number of hydrogen-bond donors (Lipinski definition) is 0. The van der Waals surface area contributed by atoms with Gasteiger partial charge in [0, 0.05) is 30.6 Å². The van der Waals surface area contributed by atoms with Gasteiger partial charge in [-0.1, -0.05) is 34.6 Å². The highest BCUT2D eigenvalue weighted by molar-refractivity contribution is 4.87. The van der Waals surface area contributed by atoms with E-state index in [9.17, 15) is 17.6 Å². The Morgan fingerprint density at radius 3 is 2.03 bits per heavy atom. The summed E-state index contributed by atoms with van der Waals surface area (Å²) in [7, 11) is 2.08. The molecule has 2 aliphatic rings. The van der Waals surface area contributed by atoms with Crippen molar-refractivity contribution < 1.29 is 22.3 Å². The zero-order valence-corrected chi connectivity index (χ0v) is 21.8. The SMILES string of the molecule is CC.CC(C)C1CCC(CCC(F)F)N1C.CCC1C(COC(F)F)CCCN1C(C)C. The molecule has 0 amide bonds. The first-order valence-corrected chi connectivity index (χ1v) is 12.7. The van der Waals surface area contributed by atoms with Crippen LogP contribution in [-0.2, 0) is 4.74 Å². The maximum absolute atomic E-state index is 12.1. The number of likely N-dealkylation sites (tertiary alicyclic amines) is 2. The van der Waals surface area contributed by atoms with Gasteiger partial charge in [-0.15, -0.1) is 0 Å². The van der Waals surface area contributed by atoms with E-state index in [1.165, 1.54) is 6.42 Å². The van der Waals surface area contributed by atoms with E-state index >= 15 is 0 Å². The van der Waals surface area contributed by atoms with Crippen LogP contribution < -0.4 is 0 Å². The van der Waals surface area contributed by atoms with Crippen LogP contribution >= 0.6 is 0 Å². The Hall–Kier alpha value is -0.400. The van der Waals surface area contributed by atoms with Crippen LogP contribution in [0.25, 0.3) is 0 Å². The van der Waals surface area contributed by atoms with Crippen LogP contribution in [0.5, 0.6) is 0 Å². The highest BCUT2D eigenvalue weighted by atomic mass is 19.3. The fraction of sp³-hybridized carbons (Fsp3) is 1.00. The van der Waals surface area contributed by atoms with Crippen molar-refractivity contribution in [3.8, 4) is 0 Å². The van der Waals surface area contributed by atoms with Gasteiger partial charge in [-0.2, -0.15) is 8.78 Å². The second-order valence-electron chi connectivity index (χ2n) is 9.48. The summed E-state index contributed by atoms with van der Waals surface area (Å²) in [5.74, 6) is 0.895. The predicted molar refractivity (Wildman–Crippen MR) is 127 cm³/mol. The molecule has 2 rings (SSSR count). The number of hydrogen-bond acceptors (Lipinski definition) is 3. The van der Waals surface area contributed by atoms with Gasteiger partial charge in [0.25, 0.3) is 0 Å². The third-order valence-corrected chi connectivity index (χ3v) is 6.86. The van der Waals surface area contributed by atoms with Gasteiger partial charge < -0.3 is 9.64 Å². The molecule has 4 atom stereocenters. The molecule has 3 nitrogen and oxygen atoms in total. The molecule has 0 aliphatic carbocycles. The van der Waals surface area contributed by atoms with E-state index in [0.29, 0.717) is 36.5 Å². The minimum atomic E-state index is -2.63. The topological polar surface area (TPSA) is 15.7 Å². The van der Waals surface area contributed by atoms with Gasteiger partial charge >= 0.3 is 6.61 Å². The van der Waals surface area contributed by atoms with Crippen molar-refractivity contribution in [1.29, 1.82) is 0 Å².